The average Bonchev–Trinajstić information content (AvgIpc) is 2.93. The molecule has 1 amide bonds. The van der Waals surface area contributed by atoms with Crippen LogP contribution in [0.4, 0.5) is 0 Å². The van der Waals surface area contributed by atoms with Crippen LogP contribution in [0.15, 0.2) is 40.2 Å². The number of amides is 1. The van der Waals surface area contributed by atoms with Gasteiger partial charge in [0.25, 0.3) is 5.91 Å². The van der Waals surface area contributed by atoms with Gasteiger partial charge in [-0.3, -0.25) is 4.79 Å². The van der Waals surface area contributed by atoms with Crippen LogP contribution in [0.2, 0.25) is 0 Å². The Morgan fingerprint density at radius 1 is 1.32 bits per heavy atom. The first kappa shape index (κ1) is 14.3. The summed E-state index contributed by atoms with van der Waals surface area (Å²) in [5.41, 5.74) is 1.73. The molecule has 0 aliphatic rings. The van der Waals surface area contributed by atoms with Crippen LogP contribution < -0.4 is 0 Å². The van der Waals surface area contributed by atoms with Gasteiger partial charge in [-0.05, 0) is 43.0 Å². The summed E-state index contributed by atoms with van der Waals surface area (Å²) in [4.78, 5) is 15.6. The Kier molecular flexibility index (Phi) is 4.42. The van der Waals surface area contributed by atoms with Gasteiger partial charge in [-0.25, -0.2) is 0 Å². The molecule has 2 aromatic rings. The summed E-state index contributed by atoms with van der Waals surface area (Å²) >= 11 is 5.15. The lowest BCUT2D eigenvalue weighted by Gasteiger charge is -2.25. The lowest BCUT2D eigenvalue weighted by atomic mass is 10.1. The Morgan fingerprint density at radius 2 is 2.05 bits per heavy atom. The van der Waals surface area contributed by atoms with Gasteiger partial charge < -0.3 is 4.90 Å². The highest BCUT2D eigenvalue weighted by Gasteiger charge is 2.21. The van der Waals surface area contributed by atoms with E-state index in [4.69, 9.17) is 0 Å². The number of carbonyl (C=O) groups is 1. The molecule has 4 heteroatoms. The minimum atomic E-state index is 0.0553. The quantitative estimate of drug-likeness (QED) is 0.798. The highest BCUT2D eigenvalue weighted by molar-refractivity contribution is 9.10. The van der Waals surface area contributed by atoms with Crippen molar-refractivity contribution < 1.29 is 4.79 Å². The van der Waals surface area contributed by atoms with E-state index in [-0.39, 0.29) is 11.9 Å². The minimum Gasteiger partial charge on any atom is -0.334 e. The summed E-state index contributed by atoms with van der Waals surface area (Å²) in [7, 11) is 1.85. The number of hydrogen-bond donors (Lipinski definition) is 0. The first-order valence-corrected chi connectivity index (χ1v) is 7.75. The molecule has 0 spiro atoms. The second-order valence-corrected chi connectivity index (χ2v) is 6.35. The van der Waals surface area contributed by atoms with E-state index in [0.29, 0.717) is 0 Å². The van der Waals surface area contributed by atoms with Crippen molar-refractivity contribution in [3.05, 3.63) is 56.2 Å². The summed E-state index contributed by atoms with van der Waals surface area (Å²) in [5, 5.41) is 2.04. The van der Waals surface area contributed by atoms with E-state index in [2.05, 4.69) is 28.9 Å². The predicted octanol–water partition coefficient (Wildman–Crippen LogP) is 4.65. The third-order valence-electron chi connectivity index (χ3n) is 3.35. The van der Waals surface area contributed by atoms with E-state index in [1.165, 1.54) is 4.88 Å². The fourth-order valence-corrected chi connectivity index (χ4v) is 3.12. The van der Waals surface area contributed by atoms with Gasteiger partial charge in [-0.15, -0.1) is 11.3 Å². The van der Waals surface area contributed by atoms with Crippen molar-refractivity contribution >= 4 is 33.2 Å². The van der Waals surface area contributed by atoms with E-state index in [1.54, 1.807) is 16.2 Å². The maximum atomic E-state index is 12.6. The highest BCUT2D eigenvalue weighted by atomic mass is 79.9. The summed E-state index contributed by atoms with van der Waals surface area (Å²) < 4.78 is 0.968. The normalized spacial score (nSPS) is 12.2. The fourth-order valence-electron chi connectivity index (χ4n) is 1.92. The SMILES string of the molecule is Cc1c(Br)cccc1C(=O)N(C)C(C)c1cccs1. The van der Waals surface area contributed by atoms with Crippen LogP contribution in [0.3, 0.4) is 0 Å². The van der Waals surface area contributed by atoms with E-state index in [1.807, 2.05) is 43.6 Å². The van der Waals surface area contributed by atoms with Crippen molar-refractivity contribution in [1.29, 1.82) is 0 Å². The number of benzene rings is 1. The number of nitrogens with zero attached hydrogens (tertiary/aromatic N) is 1. The predicted molar refractivity (Wildman–Crippen MR) is 83.7 cm³/mol. The first-order valence-electron chi connectivity index (χ1n) is 6.08. The number of halogens is 1. The van der Waals surface area contributed by atoms with Crippen LogP contribution in [0.1, 0.15) is 33.8 Å². The average molecular weight is 338 g/mol. The van der Waals surface area contributed by atoms with E-state index in [9.17, 15) is 4.79 Å². The molecular formula is C15H16BrNOS. The molecule has 0 aliphatic carbocycles. The van der Waals surface area contributed by atoms with Gasteiger partial charge in [-0.2, -0.15) is 0 Å². The number of carbonyl (C=O) groups excluding carboxylic acids is 1. The number of hydrogen-bond acceptors (Lipinski definition) is 2. The molecular weight excluding hydrogens is 322 g/mol. The lowest BCUT2D eigenvalue weighted by Crippen LogP contribution is -2.29. The third-order valence-corrected chi connectivity index (χ3v) is 5.26. The van der Waals surface area contributed by atoms with Crippen LogP contribution in [-0.2, 0) is 0 Å². The van der Waals surface area contributed by atoms with E-state index >= 15 is 0 Å². The Bertz CT molecular complexity index is 580. The summed E-state index contributed by atoms with van der Waals surface area (Å²) in [6.45, 7) is 4.01. The molecule has 1 atom stereocenters. The van der Waals surface area contributed by atoms with Crippen molar-refractivity contribution in [1.82, 2.24) is 4.90 Å². The smallest absolute Gasteiger partial charge is 0.254 e. The van der Waals surface area contributed by atoms with E-state index < -0.39 is 0 Å². The number of thiophene rings is 1. The standard InChI is InChI=1S/C15H16BrNOS/c1-10-12(6-4-7-13(10)16)15(18)17(3)11(2)14-8-5-9-19-14/h4-9,11H,1-3H3. The van der Waals surface area contributed by atoms with Gasteiger partial charge in [0.15, 0.2) is 0 Å². The zero-order valence-electron chi connectivity index (χ0n) is 11.2. The molecule has 0 fully saturated rings. The maximum absolute atomic E-state index is 12.6. The van der Waals surface area contributed by atoms with E-state index in [0.717, 1.165) is 15.6 Å². The zero-order chi connectivity index (χ0) is 14.0. The molecule has 0 radical (unpaired) electrons. The second-order valence-electron chi connectivity index (χ2n) is 4.52. The molecule has 0 N–H and O–H groups in total. The third kappa shape index (κ3) is 2.90. The molecule has 2 nitrogen and oxygen atoms in total. The summed E-state index contributed by atoms with van der Waals surface area (Å²) in [5.74, 6) is 0.0553. The Hall–Kier alpha value is -1.13. The molecule has 0 saturated carbocycles. The Balaban J connectivity index is 2.26. The first-order chi connectivity index (χ1) is 9.02. The van der Waals surface area contributed by atoms with Crippen LogP contribution >= 0.6 is 27.3 Å². The fraction of sp³-hybridized carbons (Fsp3) is 0.267. The Labute approximate surface area is 126 Å². The molecule has 0 bridgehead atoms. The van der Waals surface area contributed by atoms with Crippen molar-refractivity contribution in [3.63, 3.8) is 0 Å². The maximum Gasteiger partial charge on any atom is 0.254 e. The van der Waals surface area contributed by atoms with Gasteiger partial charge in [0.2, 0.25) is 0 Å². The van der Waals surface area contributed by atoms with Crippen molar-refractivity contribution in [3.8, 4) is 0 Å². The minimum absolute atomic E-state index is 0.0553. The van der Waals surface area contributed by atoms with Crippen molar-refractivity contribution in [2.45, 2.75) is 19.9 Å². The van der Waals surface area contributed by atoms with Gasteiger partial charge in [0.05, 0.1) is 6.04 Å². The molecule has 0 aliphatic heterocycles. The van der Waals surface area contributed by atoms with Gasteiger partial charge in [-0.1, -0.05) is 28.1 Å². The highest BCUT2D eigenvalue weighted by Crippen LogP contribution is 2.27. The van der Waals surface area contributed by atoms with Crippen LogP contribution in [0.5, 0.6) is 0 Å². The molecule has 1 aromatic heterocycles. The monoisotopic (exact) mass is 337 g/mol. The zero-order valence-corrected chi connectivity index (χ0v) is 13.6. The molecule has 1 heterocycles. The lowest BCUT2D eigenvalue weighted by molar-refractivity contribution is 0.0744. The number of rotatable bonds is 3. The summed E-state index contributed by atoms with van der Waals surface area (Å²) in [6.07, 6.45) is 0. The molecule has 2 rings (SSSR count). The van der Waals surface area contributed by atoms with Gasteiger partial charge >= 0.3 is 0 Å². The largest absolute Gasteiger partial charge is 0.334 e. The van der Waals surface area contributed by atoms with Crippen LogP contribution in [-0.4, -0.2) is 17.9 Å². The molecule has 100 valence electrons. The second kappa shape index (κ2) is 5.88. The van der Waals surface area contributed by atoms with Crippen LogP contribution in [0.25, 0.3) is 0 Å². The van der Waals surface area contributed by atoms with Crippen LogP contribution in [0, 0.1) is 6.92 Å². The van der Waals surface area contributed by atoms with Gasteiger partial charge in [0, 0.05) is 22.0 Å². The van der Waals surface area contributed by atoms with Crippen molar-refractivity contribution in [2.24, 2.45) is 0 Å². The molecule has 19 heavy (non-hydrogen) atoms. The molecule has 1 unspecified atom stereocenters. The topological polar surface area (TPSA) is 20.3 Å². The molecule has 1 aromatic carbocycles. The summed E-state index contributed by atoms with van der Waals surface area (Å²) in [6, 6.07) is 9.89. The Morgan fingerprint density at radius 3 is 2.68 bits per heavy atom. The van der Waals surface area contributed by atoms with Gasteiger partial charge in [0.1, 0.15) is 0 Å². The molecule has 0 saturated heterocycles. The van der Waals surface area contributed by atoms with Crippen molar-refractivity contribution in [2.75, 3.05) is 7.05 Å².